The fourth-order valence-electron chi connectivity index (χ4n) is 2.21. The second-order valence-corrected chi connectivity index (χ2v) is 4.91. The van der Waals surface area contributed by atoms with Crippen LogP contribution >= 0.6 is 0 Å². The molecule has 2 heterocycles. The van der Waals surface area contributed by atoms with Crippen LogP contribution < -0.4 is 17.2 Å². The van der Waals surface area contributed by atoms with Gasteiger partial charge in [0.05, 0.1) is 24.3 Å². The number of halogens is 1. The van der Waals surface area contributed by atoms with Gasteiger partial charge >= 0.3 is 5.69 Å². The Balaban J connectivity index is 2.40. The molecule has 9 heteroatoms. The highest BCUT2D eigenvalue weighted by atomic mass is 19.1. The van der Waals surface area contributed by atoms with Gasteiger partial charge in [0.2, 0.25) is 5.91 Å². The molecule has 8 nitrogen and oxygen atoms in total. The lowest BCUT2D eigenvalue weighted by atomic mass is 9.82. The number of nitrogen functional groups attached to an aromatic ring is 1. The van der Waals surface area contributed by atoms with Crippen molar-refractivity contribution in [1.29, 1.82) is 0 Å². The molecule has 1 aliphatic rings. The molecule has 0 saturated carbocycles. The molecule has 0 bridgehead atoms. The predicted molar refractivity (Wildman–Crippen MR) is 65.8 cm³/mol. The molecule has 1 fully saturated rings. The largest absolute Gasteiger partial charge is 0.394 e. The van der Waals surface area contributed by atoms with Crippen LogP contribution in [-0.2, 0) is 9.53 Å². The van der Waals surface area contributed by atoms with Gasteiger partial charge in [-0.05, 0) is 6.92 Å². The zero-order chi connectivity index (χ0) is 15.1. The van der Waals surface area contributed by atoms with Crippen LogP contribution in [0.4, 0.5) is 10.2 Å². The van der Waals surface area contributed by atoms with Crippen LogP contribution in [0, 0.1) is 11.2 Å². The van der Waals surface area contributed by atoms with Crippen molar-refractivity contribution in [2.24, 2.45) is 11.1 Å². The minimum Gasteiger partial charge on any atom is -0.394 e. The summed E-state index contributed by atoms with van der Waals surface area (Å²) >= 11 is 0. The Hall–Kier alpha value is -2.00. The van der Waals surface area contributed by atoms with Gasteiger partial charge < -0.3 is 21.3 Å². The zero-order valence-electron chi connectivity index (χ0n) is 10.7. The van der Waals surface area contributed by atoms with Crippen LogP contribution in [-0.4, -0.2) is 33.3 Å². The van der Waals surface area contributed by atoms with E-state index in [2.05, 4.69) is 4.98 Å². The number of primary amides is 1. The number of hydrogen-bond donors (Lipinski definition) is 3. The summed E-state index contributed by atoms with van der Waals surface area (Å²) in [6, 6.07) is 0. The lowest BCUT2D eigenvalue weighted by molar-refractivity contribution is -0.131. The number of nitrogens with zero attached hydrogens (tertiary/aromatic N) is 2. The lowest BCUT2D eigenvalue weighted by Gasteiger charge is -2.23. The first-order valence-corrected chi connectivity index (χ1v) is 5.90. The summed E-state index contributed by atoms with van der Waals surface area (Å²) in [4.78, 5) is 26.5. The molecule has 0 spiro atoms. The van der Waals surface area contributed by atoms with Crippen LogP contribution in [0.15, 0.2) is 11.0 Å². The summed E-state index contributed by atoms with van der Waals surface area (Å²) in [6.07, 6.45) is -0.938. The highest BCUT2D eigenvalue weighted by Crippen LogP contribution is 2.42. The molecular formula is C11H15FN4O4. The van der Waals surface area contributed by atoms with E-state index in [-0.39, 0.29) is 6.42 Å². The summed E-state index contributed by atoms with van der Waals surface area (Å²) in [5.41, 5.74) is 8.53. The van der Waals surface area contributed by atoms with Crippen LogP contribution in [0.5, 0.6) is 0 Å². The number of aliphatic hydroxyl groups excluding tert-OH is 1. The Kier molecular flexibility index (Phi) is 3.48. The number of aliphatic hydroxyl groups is 1. The van der Waals surface area contributed by atoms with E-state index in [1.54, 1.807) is 0 Å². The van der Waals surface area contributed by atoms with Gasteiger partial charge in [-0.15, -0.1) is 0 Å². The van der Waals surface area contributed by atoms with Crippen LogP contribution in [0.2, 0.25) is 0 Å². The van der Waals surface area contributed by atoms with Crippen molar-refractivity contribution in [1.82, 2.24) is 9.55 Å². The van der Waals surface area contributed by atoms with E-state index in [9.17, 15) is 19.1 Å². The highest BCUT2D eigenvalue weighted by molar-refractivity contribution is 5.81. The Morgan fingerprint density at radius 2 is 2.40 bits per heavy atom. The van der Waals surface area contributed by atoms with E-state index in [4.69, 9.17) is 16.2 Å². The number of rotatable bonds is 3. The molecule has 1 aromatic rings. The van der Waals surface area contributed by atoms with E-state index in [0.29, 0.717) is 0 Å². The van der Waals surface area contributed by atoms with Crippen molar-refractivity contribution in [2.75, 3.05) is 12.3 Å². The lowest BCUT2D eigenvalue weighted by Crippen LogP contribution is -2.42. The Morgan fingerprint density at radius 3 is 2.90 bits per heavy atom. The first-order chi connectivity index (χ1) is 9.29. The third-order valence-corrected chi connectivity index (χ3v) is 3.60. The number of aromatic nitrogens is 2. The van der Waals surface area contributed by atoms with Crippen molar-refractivity contribution in [2.45, 2.75) is 25.7 Å². The van der Waals surface area contributed by atoms with Crippen LogP contribution in [0.25, 0.3) is 0 Å². The topological polar surface area (TPSA) is 133 Å². The van der Waals surface area contributed by atoms with E-state index in [0.717, 1.165) is 10.8 Å². The molecule has 20 heavy (non-hydrogen) atoms. The van der Waals surface area contributed by atoms with Crippen LogP contribution in [0.1, 0.15) is 19.6 Å². The predicted octanol–water partition coefficient (Wildman–Crippen LogP) is -1.26. The average molecular weight is 286 g/mol. The maximum atomic E-state index is 13.4. The number of carbonyl (C=O) groups excluding carboxylic acids is 1. The molecule has 3 atom stereocenters. The highest BCUT2D eigenvalue weighted by Gasteiger charge is 2.50. The number of anilines is 1. The van der Waals surface area contributed by atoms with Gasteiger partial charge in [0.15, 0.2) is 11.6 Å². The Morgan fingerprint density at radius 1 is 1.75 bits per heavy atom. The summed E-state index contributed by atoms with van der Waals surface area (Å²) in [5.74, 6) is -2.06. The molecule has 1 saturated heterocycles. The standard InChI is InChI=1S/C11H15FN4O4/c1-11(9(14)18)2-7(20-6(11)4-17)16-3-5(12)8(13)15-10(16)19/h3,6-7,17H,2,4H2,1H3,(H2,14,18)(H2,13,15,19)/t6-,7?,11-/m1/s1. The maximum Gasteiger partial charge on any atom is 0.351 e. The fourth-order valence-corrected chi connectivity index (χ4v) is 2.21. The number of amides is 1. The molecule has 0 aromatic carbocycles. The van der Waals surface area contributed by atoms with Crippen LogP contribution in [0.3, 0.4) is 0 Å². The molecule has 0 radical (unpaired) electrons. The van der Waals surface area contributed by atoms with Crippen molar-refractivity contribution < 1.29 is 19.0 Å². The number of carbonyl (C=O) groups is 1. The van der Waals surface area contributed by atoms with Crippen molar-refractivity contribution in [3.8, 4) is 0 Å². The molecule has 2 rings (SSSR count). The molecule has 1 aromatic heterocycles. The summed E-state index contributed by atoms with van der Waals surface area (Å²) in [7, 11) is 0. The monoisotopic (exact) mass is 286 g/mol. The van der Waals surface area contributed by atoms with E-state index in [1.165, 1.54) is 6.92 Å². The fraction of sp³-hybridized carbons (Fsp3) is 0.545. The van der Waals surface area contributed by atoms with Gasteiger partial charge in [-0.2, -0.15) is 4.98 Å². The molecule has 1 unspecified atom stereocenters. The maximum absolute atomic E-state index is 13.4. The molecule has 1 amide bonds. The summed E-state index contributed by atoms with van der Waals surface area (Å²) in [5, 5.41) is 9.25. The second-order valence-electron chi connectivity index (χ2n) is 4.91. The van der Waals surface area contributed by atoms with E-state index in [1.807, 2.05) is 0 Å². The molecule has 0 aliphatic carbocycles. The molecule has 1 aliphatic heterocycles. The second kappa shape index (κ2) is 4.84. The van der Waals surface area contributed by atoms with Gasteiger partial charge in [0.1, 0.15) is 6.23 Å². The molecule has 110 valence electrons. The van der Waals surface area contributed by atoms with Gasteiger partial charge in [-0.25, -0.2) is 9.18 Å². The van der Waals surface area contributed by atoms with E-state index >= 15 is 0 Å². The van der Waals surface area contributed by atoms with Crippen molar-refractivity contribution >= 4 is 11.7 Å². The van der Waals surface area contributed by atoms with E-state index < -0.39 is 47.6 Å². The summed E-state index contributed by atoms with van der Waals surface area (Å²) < 4.78 is 19.7. The zero-order valence-corrected chi connectivity index (χ0v) is 10.7. The SMILES string of the molecule is C[C@@]1(C(N)=O)CC(n2cc(F)c(N)nc2=O)O[C@@H]1CO. The third kappa shape index (κ3) is 2.14. The first kappa shape index (κ1) is 14.4. The minimum absolute atomic E-state index is 0.0263. The van der Waals surface area contributed by atoms with Crippen molar-refractivity contribution in [3.63, 3.8) is 0 Å². The van der Waals surface area contributed by atoms with Gasteiger partial charge in [0, 0.05) is 6.42 Å². The number of hydrogen-bond acceptors (Lipinski definition) is 6. The average Bonchev–Trinajstić information content (AvgIpc) is 2.72. The molecule has 5 N–H and O–H groups in total. The number of ether oxygens (including phenoxy) is 1. The summed E-state index contributed by atoms with van der Waals surface area (Å²) in [6.45, 7) is 1.07. The van der Waals surface area contributed by atoms with Gasteiger partial charge in [-0.1, -0.05) is 0 Å². The van der Waals surface area contributed by atoms with Crippen molar-refractivity contribution in [3.05, 3.63) is 22.5 Å². The first-order valence-electron chi connectivity index (χ1n) is 5.90. The normalized spacial score (nSPS) is 29.6. The van der Waals surface area contributed by atoms with Gasteiger partial charge in [-0.3, -0.25) is 9.36 Å². The third-order valence-electron chi connectivity index (χ3n) is 3.60. The Labute approximate surface area is 113 Å². The Bertz CT molecular complexity index is 605. The number of nitrogens with two attached hydrogens (primary N) is 2. The minimum atomic E-state index is -1.16. The quantitative estimate of drug-likeness (QED) is 0.634. The molecular weight excluding hydrogens is 271 g/mol. The smallest absolute Gasteiger partial charge is 0.351 e. The van der Waals surface area contributed by atoms with Gasteiger partial charge in [0.25, 0.3) is 0 Å².